The molecule has 0 unspecified atom stereocenters. The molecule has 5 amide bonds. The molecule has 0 fully saturated rings. The summed E-state index contributed by atoms with van der Waals surface area (Å²) >= 11 is 0. The lowest BCUT2D eigenvalue weighted by Crippen LogP contribution is -2.57. The van der Waals surface area contributed by atoms with Crippen molar-refractivity contribution in [2.24, 2.45) is 5.92 Å². The van der Waals surface area contributed by atoms with E-state index in [1.165, 1.54) is 0 Å². The minimum absolute atomic E-state index is 0.0683. The van der Waals surface area contributed by atoms with Gasteiger partial charge in [0.1, 0.15) is 23.8 Å². The van der Waals surface area contributed by atoms with E-state index in [1.807, 2.05) is 44.2 Å². The van der Waals surface area contributed by atoms with Gasteiger partial charge < -0.3 is 31.2 Å². The first-order chi connectivity index (χ1) is 22.1. The highest BCUT2D eigenvalue weighted by molar-refractivity contribution is 5.99. The number of benzene rings is 2. The van der Waals surface area contributed by atoms with Gasteiger partial charge in [0.2, 0.25) is 17.7 Å². The Morgan fingerprint density at radius 2 is 1.54 bits per heavy atom. The van der Waals surface area contributed by atoms with Crippen LogP contribution >= 0.6 is 0 Å². The maximum atomic E-state index is 13.7. The number of hydrogen-bond donors (Lipinski definition) is 5. The van der Waals surface area contributed by atoms with Gasteiger partial charge in [-0.05, 0) is 67.5 Å². The van der Waals surface area contributed by atoms with Crippen molar-refractivity contribution in [3.63, 3.8) is 0 Å². The lowest BCUT2D eigenvalue weighted by atomic mass is 10.0. The molecule has 2 aliphatic rings. The molecule has 2 aromatic carbocycles. The summed E-state index contributed by atoms with van der Waals surface area (Å²) in [6.07, 6.45) is 3.51. The number of rotatable bonds is 5. The molecule has 0 saturated heterocycles. The van der Waals surface area contributed by atoms with Crippen LogP contribution in [-0.4, -0.2) is 70.6 Å². The largest absolute Gasteiger partial charge is 0.357 e. The molecule has 2 aliphatic heterocycles. The summed E-state index contributed by atoms with van der Waals surface area (Å²) in [5.74, 6) is -1.86. The summed E-state index contributed by atoms with van der Waals surface area (Å²) in [5.41, 5.74) is 2.51. The predicted molar refractivity (Wildman–Crippen MR) is 175 cm³/mol. The van der Waals surface area contributed by atoms with Crippen LogP contribution in [0.25, 0.3) is 0 Å². The summed E-state index contributed by atoms with van der Waals surface area (Å²) in [7, 11) is 0. The van der Waals surface area contributed by atoms with Gasteiger partial charge in [0, 0.05) is 37.8 Å². The Balaban J connectivity index is 1.61. The summed E-state index contributed by atoms with van der Waals surface area (Å²) in [6, 6.07) is 17.0. The van der Waals surface area contributed by atoms with Crippen LogP contribution in [0.4, 0.5) is 0 Å². The second-order valence-corrected chi connectivity index (χ2v) is 12.1. The Hall–Kier alpha value is -4.93. The predicted octanol–water partition coefficient (Wildman–Crippen LogP) is 2.94. The summed E-state index contributed by atoms with van der Waals surface area (Å²) in [5, 5.41) is 11.3. The standard InChI is InChI=1S/C35H44N6O5/c1-23(2)20-29-33(44)38-24(3)31(42)37-17-7-8-19-41(35(46)28-12-9-18-36-28)22-26-13-15-27(16-14-26)32(43)39-30(34(45)40-29)21-25-10-5-4-6-11-25/h4-6,9-16,18,23-24,29-30,36H,7-8,17,19-22H2,1-3H3,(H,37,42)(H,38,44)(H,39,43)(H,40,45)/t24-,29+,30-/m1/s1. The molecule has 1 aromatic heterocycles. The molecule has 5 rings (SSSR count). The molecule has 46 heavy (non-hydrogen) atoms. The van der Waals surface area contributed by atoms with Crippen molar-refractivity contribution in [1.29, 1.82) is 0 Å². The first kappa shape index (κ1) is 34.0. The van der Waals surface area contributed by atoms with Crippen LogP contribution in [0.1, 0.15) is 72.0 Å². The Kier molecular flexibility index (Phi) is 12.1. The number of aromatic amines is 1. The molecule has 2 bridgehead atoms. The van der Waals surface area contributed by atoms with Gasteiger partial charge in [-0.2, -0.15) is 0 Å². The van der Waals surface area contributed by atoms with Crippen molar-refractivity contribution in [2.75, 3.05) is 13.1 Å². The van der Waals surface area contributed by atoms with Crippen LogP contribution in [0.2, 0.25) is 0 Å². The number of amides is 5. The zero-order chi connectivity index (χ0) is 33.1. The van der Waals surface area contributed by atoms with Gasteiger partial charge in [0.15, 0.2) is 0 Å². The smallest absolute Gasteiger partial charge is 0.270 e. The van der Waals surface area contributed by atoms with Crippen LogP contribution in [0.3, 0.4) is 0 Å². The van der Waals surface area contributed by atoms with Gasteiger partial charge in [-0.1, -0.05) is 56.3 Å². The fourth-order valence-corrected chi connectivity index (χ4v) is 5.32. The first-order valence-electron chi connectivity index (χ1n) is 15.9. The molecule has 0 radical (unpaired) electrons. The van der Waals surface area contributed by atoms with Gasteiger partial charge in [0.25, 0.3) is 11.8 Å². The van der Waals surface area contributed by atoms with Crippen LogP contribution < -0.4 is 21.3 Å². The average Bonchev–Trinajstić information content (AvgIpc) is 3.58. The van der Waals surface area contributed by atoms with E-state index < -0.39 is 35.8 Å². The van der Waals surface area contributed by atoms with E-state index in [-0.39, 0.29) is 24.2 Å². The van der Waals surface area contributed by atoms with Gasteiger partial charge in [-0.15, -0.1) is 0 Å². The Labute approximate surface area is 269 Å². The zero-order valence-corrected chi connectivity index (χ0v) is 26.7. The third-order valence-corrected chi connectivity index (χ3v) is 7.86. The quantitative estimate of drug-likeness (QED) is 0.275. The third kappa shape index (κ3) is 9.79. The van der Waals surface area contributed by atoms with Crippen molar-refractivity contribution in [3.05, 3.63) is 95.3 Å². The maximum absolute atomic E-state index is 13.7. The van der Waals surface area contributed by atoms with Crippen molar-refractivity contribution in [3.8, 4) is 0 Å². The zero-order valence-electron chi connectivity index (χ0n) is 26.7. The fourth-order valence-electron chi connectivity index (χ4n) is 5.32. The summed E-state index contributed by atoms with van der Waals surface area (Å²) in [6.45, 7) is 6.62. The van der Waals surface area contributed by atoms with Crippen molar-refractivity contribution < 1.29 is 24.0 Å². The van der Waals surface area contributed by atoms with E-state index in [4.69, 9.17) is 0 Å². The second kappa shape index (κ2) is 16.4. The second-order valence-electron chi connectivity index (χ2n) is 12.1. The molecule has 3 atom stereocenters. The van der Waals surface area contributed by atoms with Crippen LogP contribution in [0.15, 0.2) is 72.9 Å². The molecule has 0 saturated carbocycles. The third-order valence-electron chi connectivity index (χ3n) is 7.86. The SMILES string of the molecule is CC(C)C[C@@H]1NC(=O)[C@@H](Cc2ccccc2)NC(=O)c2ccc(cc2)CN(C(=O)c2ccc[nH]2)CCCCNC(=O)[C@@H](C)NC1=O. The van der Waals surface area contributed by atoms with Crippen LogP contribution in [0.5, 0.6) is 0 Å². The Morgan fingerprint density at radius 3 is 2.22 bits per heavy atom. The van der Waals surface area contributed by atoms with Gasteiger partial charge in [-0.3, -0.25) is 24.0 Å². The Bertz CT molecular complexity index is 1470. The summed E-state index contributed by atoms with van der Waals surface area (Å²) < 4.78 is 0. The molecule has 244 valence electrons. The minimum atomic E-state index is -0.972. The number of fused-ring (bicyclic) bond motifs is 18. The number of hydrogen-bond acceptors (Lipinski definition) is 5. The van der Waals surface area contributed by atoms with Crippen molar-refractivity contribution >= 4 is 29.5 Å². The monoisotopic (exact) mass is 628 g/mol. The highest BCUT2D eigenvalue weighted by Gasteiger charge is 2.29. The van der Waals surface area contributed by atoms with Crippen LogP contribution in [-0.2, 0) is 27.3 Å². The molecule has 3 aromatic rings. The summed E-state index contributed by atoms with van der Waals surface area (Å²) in [4.78, 5) is 71.2. The number of nitrogens with zero attached hydrogens (tertiary/aromatic N) is 1. The number of H-pyrrole nitrogens is 1. The highest BCUT2D eigenvalue weighted by Crippen LogP contribution is 2.14. The molecular formula is C35H44N6O5. The maximum Gasteiger partial charge on any atom is 0.270 e. The number of nitrogens with one attached hydrogen (secondary N) is 5. The minimum Gasteiger partial charge on any atom is -0.357 e. The topological polar surface area (TPSA) is 152 Å². The van der Waals surface area contributed by atoms with E-state index >= 15 is 0 Å². The van der Waals surface area contributed by atoms with Gasteiger partial charge in [-0.25, -0.2) is 0 Å². The van der Waals surface area contributed by atoms with E-state index in [1.54, 1.807) is 54.4 Å². The molecular weight excluding hydrogens is 584 g/mol. The van der Waals surface area contributed by atoms with E-state index in [9.17, 15) is 24.0 Å². The average molecular weight is 629 g/mol. The lowest BCUT2D eigenvalue weighted by molar-refractivity contribution is -0.132. The van der Waals surface area contributed by atoms with Crippen molar-refractivity contribution in [2.45, 2.75) is 71.1 Å². The van der Waals surface area contributed by atoms with E-state index in [0.29, 0.717) is 50.2 Å². The van der Waals surface area contributed by atoms with Crippen molar-refractivity contribution in [1.82, 2.24) is 31.2 Å². The molecule has 11 nitrogen and oxygen atoms in total. The van der Waals surface area contributed by atoms with E-state index in [2.05, 4.69) is 26.3 Å². The van der Waals surface area contributed by atoms with Crippen LogP contribution in [0, 0.1) is 5.92 Å². The number of aromatic nitrogens is 1. The molecule has 11 heteroatoms. The normalized spacial score (nSPS) is 20.7. The lowest BCUT2D eigenvalue weighted by Gasteiger charge is -2.25. The molecule has 5 N–H and O–H groups in total. The molecule has 0 spiro atoms. The highest BCUT2D eigenvalue weighted by atomic mass is 16.2. The van der Waals surface area contributed by atoms with E-state index in [0.717, 1.165) is 11.1 Å². The first-order valence-corrected chi connectivity index (χ1v) is 15.9. The molecule has 3 heterocycles. The fraction of sp³-hybridized carbons (Fsp3) is 0.400. The number of carbonyl (C=O) groups excluding carboxylic acids is 5. The number of carbonyl (C=O) groups is 5. The molecule has 0 aliphatic carbocycles. The Morgan fingerprint density at radius 1 is 0.826 bits per heavy atom. The van der Waals surface area contributed by atoms with Gasteiger partial charge >= 0.3 is 0 Å². The van der Waals surface area contributed by atoms with Gasteiger partial charge in [0.05, 0.1) is 0 Å².